The Hall–Kier alpha value is -3.47. The number of aromatic amines is 1. The Morgan fingerprint density at radius 2 is 2.00 bits per heavy atom. The van der Waals surface area contributed by atoms with Crippen LogP contribution in [0.4, 0.5) is 5.69 Å². The van der Waals surface area contributed by atoms with Gasteiger partial charge in [0.05, 0.1) is 24.0 Å². The first-order valence-corrected chi connectivity index (χ1v) is 8.43. The fraction of sp³-hybridized carbons (Fsp3) is 0.0952. The van der Waals surface area contributed by atoms with Gasteiger partial charge in [-0.25, -0.2) is 9.78 Å². The van der Waals surface area contributed by atoms with Crippen LogP contribution in [0, 0.1) is 0 Å². The standard InChI is InChI=1S/C21H17N3O2/c1-2-26-21(25)18-11-16-19(13-23-18)24-17-10-6-7-14(20(16)17)12-22-15-8-4-3-5-9-15/h3-13,24H,2H2,1H3/b22-12+. The summed E-state index contributed by atoms with van der Waals surface area (Å²) in [5.74, 6) is -0.417. The molecule has 0 bridgehead atoms. The first-order chi connectivity index (χ1) is 12.8. The lowest BCUT2D eigenvalue weighted by Crippen LogP contribution is -2.06. The number of ether oxygens (including phenoxy) is 1. The van der Waals surface area contributed by atoms with Gasteiger partial charge in [0, 0.05) is 28.1 Å². The van der Waals surface area contributed by atoms with Crippen molar-refractivity contribution in [3.8, 4) is 0 Å². The van der Waals surface area contributed by atoms with Gasteiger partial charge in [-0.1, -0.05) is 30.3 Å². The van der Waals surface area contributed by atoms with Crippen LogP contribution < -0.4 is 0 Å². The zero-order chi connectivity index (χ0) is 17.9. The third-order valence-corrected chi connectivity index (χ3v) is 4.13. The molecule has 4 aromatic rings. The van der Waals surface area contributed by atoms with Crippen LogP contribution >= 0.6 is 0 Å². The molecule has 0 aliphatic carbocycles. The highest BCUT2D eigenvalue weighted by molar-refractivity contribution is 6.15. The second kappa shape index (κ2) is 6.80. The van der Waals surface area contributed by atoms with Crippen LogP contribution in [0.3, 0.4) is 0 Å². The molecule has 0 fully saturated rings. The molecule has 128 valence electrons. The predicted octanol–water partition coefficient (Wildman–Crippen LogP) is 4.64. The van der Waals surface area contributed by atoms with Crippen molar-refractivity contribution in [2.75, 3.05) is 6.61 Å². The predicted molar refractivity (Wildman–Crippen MR) is 103 cm³/mol. The highest BCUT2D eigenvalue weighted by Crippen LogP contribution is 2.28. The van der Waals surface area contributed by atoms with E-state index < -0.39 is 5.97 Å². The molecular weight excluding hydrogens is 326 g/mol. The van der Waals surface area contributed by atoms with Crippen LogP contribution in [-0.2, 0) is 4.74 Å². The van der Waals surface area contributed by atoms with Gasteiger partial charge in [-0.3, -0.25) is 4.99 Å². The number of pyridine rings is 1. The third kappa shape index (κ3) is 2.95. The first-order valence-electron chi connectivity index (χ1n) is 8.43. The Morgan fingerprint density at radius 1 is 1.15 bits per heavy atom. The first kappa shape index (κ1) is 16.0. The second-order valence-corrected chi connectivity index (χ2v) is 5.82. The van der Waals surface area contributed by atoms with Crippen LogP contribution in [0.5, 0.6) is 0 Å². The van der Waals surface area contributed by atoms with Crippen molar-refractivity contribution in [3.63, 3.8) is 0 Å². The highest BCUT2D eigenvalue weighted by atomic mass is 16.5. The van der Waals surface area contributed by atoms with Crippen molar-refractivity contribution in [2.24, 2.45) is 4.99 Å². The topological polar surface area (TPSA) is 67.3 Å². The third-order valence-electron chi connectivity index (χ3n) is 4.13. The van der Waals surface area contributed by atoms with Gasteiger partial charge in [-0.15, -0.1) is 0 Å². The Labute approximate surface area is 150 Å². The summed E-state index contributed by atoms with van der Waals surface area (Å²) in [7, 11) is 0. The molecule has 0 unspecified atom stereocenters. The molecule has 0 atom stereocenters. The van der Waals surface area contributed by atoms with Crippen molar-refractivity contribution in [1.29, 1.82) is 0 Å². The highest BCUT2D eigenvalue weighted by Gasteiger charge is 2.13. The average Bonchev–Trinajstić information content (AvgIpc) is 3.05. The number of carbonyl (C=O) groups excluding carboxylic acids is 1. The number of para-hydroxylation sites is 1. The lowest BCUT2D eigenvalue weighted by atomic mass is 10.1. The quantitative estimate of drug-likeness (QED) is 0.433. The smallest absolute Gasteiger partial charge is 0.356 e. The van der Waals surface area contributed by atoms with Crippen LogP contribution in [-0.4, -0.2) is 28.8 Å². The Kier molecular flexibility index (Phi) is 4.19. The summed E-state index contributed by atoms with van der Waals surface area (Å²) in [5, 5.41) is 1.93. The van der Waals surface area contributed by atoms with Crippen molar-refractivity contribution in [1.82, 2.24) is 9.97 Å². The van der Waals surface area contributed by atoms with Crippen molar-refractivity contribution in [3.05, 3.63) is 72.1 Å². The van der Waals surface area contributed by atoms with Gasteiger partial charge in [-0.2, -0.15) is 0 Å². The number of nitrogens with zero attached hydrogens (tertiary/aromatic N) is 2. The molecule has 4 rings (SSSR count). The molecule has 2 heterocycles. The monoisotopic (exact) mass is 343 g/mol. The Morgan fingerprint density at radius 3 is 2.81 bits per heavy atom. The van der Waals surface area contributed by atoms with Gasteiger partial charge < -0.3 is 9.72 Å². The summed E-state index contributed by atoms with van der Waals surface area (Å²) < 4.78 is 5.06. The molecule has 0 aliphatic heterocycles. The van der Waals surface area contributed by atoms with Crippen LogP contribution in [0.1, 0.15) is 23.0 Å². The lowest BCUT2D eigenvalue weighted by Gasteiger charge is -2.02. The number of carbonyl (C=O) groups is 1. The number of aliphatic imine (C=N–C) groups is 1. The van der Waals surface area contributed by atoms with Crippen LogP contribution in [0.15, 0.2) is 65.8 Å². The fourth-order valence-electron chi connectivity index (χ4n) is 2.96. The number of H-pyrrole nitrogens is 1. The van der Waals surface area contributed by atoms with E-state index in [2.05, 4.69) is 15.0 Å². The second-order valence-electron chi connectivity index (χ2n) is 5.82. The van der Waals surface area contributed by atoms with E-state index in [0.29, 0.717) is 12.3 Å². The maximum absolute atomic E-state index is 12.0. The van der Waals surface area contributed by atoms with E-state index in [0.717, 1.165) is 33.1 Å². The van der Waals surface area contributed by atoms with E-state index in [1.165, 1.54) is 0 Å². The number of fused-ring (bicyclic) bond motifs is 3. The SMILES string of the molecule is CCOC(=O)c1cc2c(cn1)[nH]c1cccc(/C=N/c3ccccc3)c12. The van der Waals surface area contributed by atoms with E-state index in [1.807, 2.05) is 54.7 Å². The molecular formula is C21H17N3O2. The number of rotatable bonds is 4. The van der Waals surface area contributed by atoms with Gasteiger partial charge in [0.1, 0.15) is 5.69 Å². The fourth-order valence-corrected chi connectivity index (χ4v) is 2.96. The van der Waals surface area contributed by atoms with Gasteiger partial charge in [0.25, 0.3) is 0 Å². The van der Waals surface area contributed by atoms with Crippen molar-refractivity contribution >= 4 is 39.7 Å². The largest absolute Gasteiger partial charge is 0.461 e. The van der Waals surface area contributed by atoms with Gasteiger partial charge >= 0.3 is 5.97 Å². The minimum atomic E-state index is -0.417. The molecule has 0 saturated carbocycles. The van der Waals surface area contributed by atoms with Crippen molar-refractivity contribution < 1.29 is 9.53 Å². The van der Waals surface area contributed by atoms with Gasteiger partial charge in [-0.05, 0) is 31.2 Å². The Bertz CT molecular complexity index is 1110. The Balaban J connectivity index is 1.85. The van der Waals surface area contributed by atoms with Crippen molar-refractivity contribution in [2.45, 2.75) is 6.92 Å². The summed E-state index contributed by atoms with van der Waals surface area (Å²) in [5.41, 5.74) is 4.00. The number of hydrogen-bond donors (Lipinski definition) is 1. The number of benzene rings is 2. The van der Waals surface area contributed by atoms with Crippen LogP contribution in [0.2, 0.25) is 0 Å². The number of esters is 1. The molecule has 2 aromatic heterocycles. The number of aromatic nitrogens is 2. The minimum absolute atomic E-state index is 0.301. The number of nitrogens with one attached hydrogen (secondary N) is 1. The van der Waals surface area contributed by atoms with E-state index in [1.54, 1.807) is 19.2 Å². The van der Waals surface area contributed by atoms with Crippen LogP contribution in [0.25, 0.3) is 21.8 Å². The summed E-state index contributed by atoms with van der Waals surface area (Å²) >= 11 is 0. The maximum Gasteiger partial charge on any atom is 0.356 e. The maximum atomic E-state index is 12.0. The van der Waals surface area contributed by atoms with E-state index in [-0.39, 0.29) is 0 Å². The van der Waals surface area contributed by atoms with E-state index >= 15 is 0 Å². The molecule has 5 heteroatoms. The normalized spacial score (nSPS) is 11.4. The molecule has 2 aromatic carbocycles. The molecule has 0 amide bonds. The molecule has 0 radical (unpaired) electrons. The zero-order valence-electron chi connectivity index (χ0n) is 14.3. The molecule has 0 saturated heterocycles. The summed E-state index contributed by atoms with van der Waals surface area (Å²) in [6, 6.07) is 17.5. The summed E-state index contributed by atoms with van der Waals surface area (Å²) in [6.07, 6.45) is 3.51. The molecule has 26 heavy (non-hydrogen) atoms. The molecule has 1 N–H and O–H groups in total. The van der Waals surface area contributed by atoms with Gasteiger partial charge in [0.15, 0.2) is 0 Å². The number of hydrogen-bond acceptors (Lipinski definition) is 4. The molecule has 0 aliphatic rings. The lowest BCUT2D eigenvalue weighted by molar-refractivity contribution is 0.0520. The summed E-state index contributed by atoms with van der Waals surface area (Å²) in [6.45, 7) is 2.10. The molecule has 5 nitrogen and oxygen atoms in total. The van der Waals surface area contributed by atoms with Gasteiger partial charge in [0.2, 0.25) is 0 Å². The zero-order valence-corrected chi connectivity index (χ0v) is 14.3. The van der Waals surface area contributed by atoms with E-state index in [9.17, 15) is 4.79 Å². The molecule has 0 spiro atoms. The summed E-state index contributed by atoms with van der Waals surface area (Å²) in [4.78, 5) is 24.1. The minimum Gasteiger partial charge on any atom is -0.461 e. The van der Waals surface area contributed by atoms with E-state index in [4.69, 9.17) is 4.74 Å². The average molecular weight is 343 g/mol.